The summed E-state index contributed by atoms with van der Waals surface area (Å²) in [4.78, 5) is 30.2. The Morgan fingerprint density at radius 3 is 2.75 bits per heavy atom. The minimum atomic E-state index is 0.0463. The third-order valence-electron chi connectivity index (χ3n) is 4.50. The Balaban J connectivity index is 1.72. The molecule has 4 heteroatoms. The monoisotopic (exact) mass is 272 g/mol. The summed E-state index contributed by atoms with van der Waals surface area (Å²) in [5, 5.41) is 0. The maximum atomic E-state index is 12.7. The molecule has 106 valence electrons. The average molecular weight is 272 g/mol. The molecule has 1 atom stereocenters. The summed E-state index contributed by atoms with van der Waals surface area (Å²) in [6.45, 7) is 0.836. The van der Waals surface area contributed by atoms with Crippen molar-refractivity contribution in [3.63, 3.8) is 0 Å². The van der Waals surface area contributed by atoms with Crippen LogP contribution < -0.4 is 0 Å². The molecule has 1 saturated heterocycles. The van der Waals surface area contributed by atoms with Crippen molar-refractivity contribution in [3.8, 4) is 0 Å². The molecule has 20 heavy (non-hydrogen) atoms. The zero-order chi connectivity index (χ0) is 13.9. The van der Waals surface area contributed by atoms with Crippen molar-refractivity contribution >= 4 is 11.7 Å². The number of likely N-dealkylation sites (tertiary alicyclic amines) is 1. The van der Waals surface area contributed by atoms with Crippen LogP contribution in [0.3, 0.4) is 0 Å². The summed E-state index contributed by atoms with van der Waals surface area (Å²) in [6, 6.07) is 4.15. The highest BCUT2D eigenvalue weighted by Crippen LogP contribution is 2.34. The van der Waals surface area contributed by atoms with Gasteiger partial charge in [0.05, 0.1) is 6.04 Å². The lowest BCUT2D eigenvalue weighted by atomic mass is 9.87. The van der Waals surface area contributed by atoms with Gasteiger partial charge in [-0.15, -0.1) is 0 Å². The zero-order valence-corrected chi connectivity index (χ0v) is 11.6. The fourth-order valence-electron chi connectivity index (χ4n) is 3.37. The van der Waals surface area contributed by atoms with Gasteiger partial charge in [-0.1, -0.05) is 6.07 Å². The third kappa shape index (κ3) is 2.60. The first-order chi connectivity index (χ1) is 9.75. The molecule has 0 spiro atoms. The first-order valence-corrected chi connectivity index (χ1v) is 7.48. The van der Waals surface area contributed by atoms with Gasteiger partial charge in [-0.25, -0.2) is 0 Å². The largest absolute Gasteiger partial charge is 0.335 e. The van der Waals surface area contributed by atoms with Crippen LogP contribution in [0.1, 0.15) is 50.1 Å². The lowest BCUT2D eigenvalue weighted by Crippen LogP contribution is -2.37. The van der Waals surface area contributed by atoms with E-state index in [0.717, 1.165) is 37.8 Å². The maximum Gasteiger partial charge on any atom is 0.226 e. The van der Waals surface area contributed by atoms with Gasteiger partial charge in [-0.05, 0) is 37.3 Å². The Bertz CT molecular complexity index is 490. The van der Waals surface area contributed by atoms with Gasteiger partial charge in [0.25, 0.3) is 0 Å². The Hall–Kier alpha value is -1.71. The first-order valence-electron chi connectivity index (χ1n) is 7.48. The topological polar surface area (TPSA) is 50.3 Å². The zero-order valence-electron chi connectivity index (χ0n) is 11.6. The van der Waals surface area contributed by atoms with E-state index in [1.54, 1.807) is 6.20 Å². The second-order valence-electron chi connectivity index (χ2n) is 5.79. The van der Waals surface area contributed by atoms with E-state index in [4.69, 9.17) is 0 Å². The lowest BCUT2D eigenvalue weighted by molar-refractivity contribution is -0.138. The Morgan fingerprint density at radius 2 is 2.05 bits per heavy atom. The molecule has 1 aliphatic carbocycles. The number of ketones is 1. The van der Waals surface area contributed by atoms with Crippen molar-refractivity contribution in [2.24, 2.45) is 5.92 Å². The molecular formula is C16H20N2O2. The molecule has 1 saturated carbocycles. The minimum Gasteiger partial charge on any atom is -0.335 e. The van der Waals surface area contributed by atoms with E-state index >= 15 is 0 Å². The highest BCUT2D eigenvalue weighted by molar-refractivity contribution is 5.85. The van der Waals surface area contributed by atoms with E-state index in [1.165, 1.54) is 0 Å². The van der Waals surface area contributed by atoms with Gasteiger partial charge in [-0.3, -0.25) is 14.6 Å². The summed E-state index contributed by atoms with van der Waals surface area (Å²) in [6.07, 6.45) is 8.30. The predicted octanol–water partition coefficient (Wildman–Crippen LogP) is 2.50. The molecule has 1 amide bonds. The molecule has 1 aromatic rings. The molecule has 0 bridgehead atoms. The van der Waals surface area contributed by atoms with Crippen LogP contribution in [0.4, 0.5) is 0 Å². The van der Waals surface area contributed by atoms with Crippen LogP contribution in [-0.4, -0.2) is 28.1 Å². The van der Waals surface area contributed by atoms with Crippen LogP contribution in [0.25, 0.3) is 0 Å². The average Bonchev–Trinajstić information content (AvgIpc) is 2.97. The van der Waals surface area contributed by atoms with E-state index in [2.05, 4.69) is 4.98 Å². The summed E-state index contributed by atoms with van der Waals surface area (Å²) in [5.41, 5.74) is 1.13. The van der Waals surface area contributed by atoms with Gasteiger partial charge in [0, 0.05) is 37.7 Å². The van der Waals surface area contributed by atoms with E-state index < -0.39 is 0 Å². The highest BCUT2D eigenvalue weighted by atomic mass is 16.2. The van der Waals surface area contributed by atoms with Crippen molar-refractivity contribution in [3.05, 3.63) is 30.1 Å². The van der Waals surface area contributed by atoms with Crippen LogP contribution in [0.15, 0.2) is 24.5 Å². The van der Waals surface area contributed by atoms with Gasteiger partial charge in [0.2, 0.25) is 5.91 Å². The maximum absolute atomic E-state index is 12.7. The van der Waals surface area contributed by atoms with E-state index in [-0.39, 0.29) is 17.9 Å². The molecule has 3 rings (SSSR count). The molecule has 0 N–H and O–H groups in total. The van der Waals surface area contributed by atoms with Crippen LogP contribution in [0.5, 0.6) is 0 Å². The lowest BCUT2D eigenvalue weighted by Gasteiger charge is -2.30. The number of amides is 1. The number of hydrogen-bond acceptors (Lipinski definition) is 3. The molecule has 2 fully saturated rings. The van der Waals surface area contributed by atoms with Crippen molar-refractivity contribution in [2.45, 2.75) is 44.6 Å². The SMILES string of the molecule is O=C1CCC(C(=O)N2CCC[C@H]2c2cccnc2)CC1. The number of carbonyl (C=O) groups is 2. The van der Waals surface area contributed by atoms with Gasteiger partial charge < -0.3 is 4.90 Å². The smallest absolute Gasteiger partial charge is 0.226 e. The summed E-state index contributed by atoms with van der Waals surface area (Å²) >= 11 is 0. The molecule has 1 aliphatic heterocycles. The van der Waals surface area contributed by atoms with Crippen molar-refractivity contribution in [1.82, 2.24) is 9.88 Å². The molecule has 4 nitrogen and oxygen atoms in total. The fraction of sp³-hybridized carbons (Fsp3) is 0.562. The fourth-order valence-corrected chi connectivity index (χ4v) is 3.37. The Morgan fingerprint density at radius 1 is 1.25 bits per heavy atom. The summed E-state index contributed by atoms with van der Waals surface area (Å²) in [7, 11) is 0. The van der Waals surface area contributed by atoms with Crippen molar-refractivity contribution in [2.75, 3.05) is 6.54 Å². The van der Waals surface area contributed by atoms with Crippen molar-refractivity contribution < 1.29 is 9.59 Å². The number of Topliss-reactive ketones (excluding diaryl/α,β-unsaturated/α-hetero) is 1. The normalized spacial score (nSPS) is 24.1. The van der Waals surface area contributed by atoms with E-state index in [0.29, 0.717) is 18.6 Å². The summed E-state index contributed by atoms with van der Waals surface area (Å²) < 4.78 is 0. The number of nitrogens with zero attached hydrogens (tertiary/aromatic N) is 2. The van der Waals surface area contributed by atoms with Gasteiger partial charge in [0.1, 0.15) is 5.78 Å². The Kier molecular flexibility index (Phi) is 3.81. The first kappa shape index (κ1) is 13.3. The number of aromatic nitrogens is 1. The minimum absolute atomic E-state index is 0.0463. The van der Waals surface area contributed by atoms with Crippen LogP contribution in [-0.2, 0) is 9.59 Å². The Labute approximate surface area is 119 Å². The molecule has 2 aliphatic rings. The van der Waals surface area contributed by atoms with E-state index in [1.807, 2.05) is 23.2 Å². The third-order valence-corrected chi connectivity index (χ3v) is 4.50. The molecule has 2 heterocycles. The highest BCUT2D eigenvalue weighted by Gasteiger charge is 2.35. The van der Waals surface area contributed by atoms with Crippen LogP contribution in [0.2, 0.25) is 0 Å². The molecule has 0 aromatic carbocycles. The molecule has 1 aromatic heterocycles. The number of hydrogen-bond donors (Lipinski definition) is 0. The number of pyridine rings is 1. The van der Waals surface area contributed by atoms with Crippen LogP contribution >= 0.6 is 0 Å². The van der Waals surface area contributed by atoms with Gasteiger partial charge >= 0.3 is 0 Å². The molecule has 0 unspecified atom stereocenters. The second-order valence-corrected chi connectivity index (χ2v) is 5.79. The van der Waals surface area contributed by atoms with Gasteiger partial charge in [0.15, 0.2) is 0 Å². The quantitative estimate of drug-likeness (QED) is 0.831. The van der Waals surface area contributed by atoms with Crippen molar-refractivity contribution in [1.29, 1.82) is 0 Å². The van der Waals surface area contributed by atoms with Crippen LogP contribution in [0, 0.1) is 5.92 Å². The molecule has 0 radical (unpaired) electrons. The second kappa shape index (κ2) is 5.73. The number of carbonyl (C=O) groups excluding carboxylic acids is 2. The standard InChI is InChI=1S/C16H20N2O2/c19-14-7-5-12(6-8-14)16(20)18-10-2-4-15(18)13-3-1-9-17-11-13/h1,3,9,11-12,15H,2,4-8,10H2/t15-/m0/s1. The number of rotatable bonds is 2. The summed E-state index contributed by atoms with van der Waals surface area (Å²) in [5.74, 6) is 0.591. The predicted molar refractivity (Wildman–Crippen MR) is 74.9 cm³/mol. The van der Waals surface area contributed by atoms with Gasteiger partial charge in [-0.2, -0.15) is 0 Å². The van der Waals surface area contributed by atoms with E-state index in [9.17, 15) is 9.59 Å². The molecular weight excluding hydrogens is 252 g/mol.